The van der Waals surface area contributed by atoms with E-state index in [4.69, 9.17) is 5.73 Å². The van der Waals surface area contributed by atoms with Crippen LogP contribution in [0.1, 0.15) is 28.8 Å². The Bertz CT molecular complexity index is 548. The summed E-state index contributed by atoms with van der Waals surface area (Å²) in [5.41, 5.74) is 8.08. The number of hydrogen-bond acceptors (Lipinski definition) is 3. The average molecular weight is 273 g/mol. The van der Waals surface area contributed by atoms with Gasteiger partial charge < -0.3 is 16.0 Å². The minimum absolute atomic E-state index is 0.00615. The highest BCUT2D eigenvalue weighted by Crippen LogP contribution is 2.25. The van der Waals surface area contributed by atoms with Crippen LogP contribution in [0, 0.1) is 5.92 Å². The molecule has 1 aromatic carbocycles. The van der Waals surface area contributed by atoms with E-state index >= 15 is 0 Å². The van der Waals surface area contributed by atoms with E-state index in [0.717, 1.165) is 37.2 Å². The van der Waals surface area contributed by atoms with Gasteiger partial charge in [0.05, 0.1) is 6.42 Å². The van der Waals surface area contributed by atoms with Crippen molar-refractivity contribution in [3.8, 4) is 0 Å². The Hall–Kier alpha value is -1.88. The van der Waals surface area contributed by atoms with Crippen molar-refractivity contribution in [2.24, 2.45) is 11.7 Å². The number of piperidine rings is 1. The molecule has 0 spiro atoms. The fourth-order valence-corrected chi connectivity index (χ4v) is 2.92. The zero-order valence-corrected chi connectivity index (χ0v) is 11.4. The number of nitrogens with two attached hydrogens (primary N) is 1. The summed E-state index contributed by atoms with van der Waals surface area (Å²) in [6.45, 7) is 2.25. The third-order valence-electron chi connectivity index (χ3n) is 4.21. The Kier molecular flexibility index (Phi) is 3.44. The molecule has 0 radical (unpaired) electrons. The minimum Gasteiger partial charge on any atom is -0.339 e. The van der Waals surface area contributed by atoms with Crippen molar-refractivity contribution in [1.82, 2.24) is 4.90 Å². The lowest BCUT2D eigenvalue weighted by molar-refractivity contribution is -0.115. The van der Waals surface area contributed by atoms with Gasteiger partial charge in [0, 0.05) is 24.3 Å². The first-order chi connectivity index (χ1) is 9.67. The van der Waals surface area contributed by atoms with Gasteiger partial charge in [-0.1, -0.05) is 0 Å². The van der Waals surface area contributed by atoms with E-state index in [1.54, 1.807) is 6.07 Å². The lowest BCUT2D eigenvalue weighted by Crippen LogP contribution is -2.40. The second kappa shape index (κ2) is 5.25. The number of rotatable bonds is 2. The zero-order valence-electron chi connectivity index (χ0n) is 11.4. The van der Waals surface area contributed by atoms with Crippen LogP contribution in [0.15, 0.2) is 18.2 Å². The summed E-state index contributed by atoms with van der Waals surface area (Å²) in [5.74, 6) is 0.594. The Morgan fingerprint density at radius 1 is 1.35 bits per heavy atom. The van der Waals surface area contributed by atoms with Crippen LogP contribution in [0.3, 0.4) is 0 Å². The van der Waals surface area contributed by atoms with Crippen molar-refractivity contribution in [3.05, 3.63) is 29.3 Å². The molecular formula is C15H19N3O2. The SMILES string of the molecule is NCC1CCN(C(=O)c2ccc3c(c2)CC(=O)N3)CC1. The minimum atomic E-state index is -0.00615. The highest BCUT2D eigenvalue weighted by molar-refractivity contribution is 6.01. The van der Waals surface area contributed by atoms with Crippen LogP contribution in [0.25, 0.3) is 0 Å². The first-order valence-corrected chi connectivity index (χ1v) is 7.09. The molecule has 1 saturated heterocycles. The van der Waals surface area contributed by atoms with Gasteiger partial charge in [-0.3, -0.25) is 9.59 Å². The molecule has 0 aliphatic carbocycles. The largest absolute Gasteiger partial charge is 0.339 e. The first kappa shape index (κ1) is 13.1. The molecule has 2 aliphatic rings. The molecule has 1 aromatic rings. The van der Waals surface area contributed by atoms with Crippen LogP contribution in [0.2, 0.25) is 0 Å². The average Bonchev–Trinajstić information content (AvgIpc) is 2.85. The molecule has 1 fully saturated rings. The van der Waals surface area contributed by atoms with E-state index in [0.29, 0.717) is 24.4 Å². The maximum Gasteiger partial charge on any atom is 0.253 e. The van der Waals surface area contributed by atoms with E-state index in [2.05, 4.69) is 5.32 Å². The monoisotopic (exact) mass is 273 g/mol. The molecule has 0 bridgehead atoms. The standard InChI is InChI=1S/C15H19N3O2/c16-9-10-3-5-18(6-4-10)15(20)11-1-2-13-12(7-11)8-14(19)17-13/h1-2,7,10H,3-6,8-9,16H2,(H,17,19). The van der Waals surface area contributed by atoms with E-state index in [1.807, 2.05) is 17.0 Å². The van der Waals surface area contributed by atoms with Crippen LogP contribution < -0.4 is 11.1 Å². The summed E-state index contributed by atoms with van der Waals surface area (Å²) in [4.78, 5) is 25.7. The summed E-state index contributed by atoms with van der Waals surface area (Å²) in [5, 5.41) is 2.78. The second-order valence-electron chi connectivity index (χ2n) is 5.57. The first-order valence-electron chi connectivity index (χ1n) is 7.09. The molecule has 2 amide bonds. The van der Waals surface area contributed by atoms with Gasteiger partial charge in [0.2, 0.25) is 5.91 Å². The van der Waals surface area contributed by atoms with Gasteiger partial charge >= 0.3 is 0 Å². The van der Waals surface area contributed by atoms with Gasteiger partial charge in [-0.15, -0.1) is 0 Å². The Labute approximate surface area is 118 Å². The van der Waals surface area contributed by atoms with Crippen molar-refractivity contribution >= 4 is 17.5 Å². The number of amides is 2. The number of anilines is 1. The molecule has 3 rings (SSSR count). The van der Waals surface area contributed by atoms with Gasteiger partial charge in [-0.25, -0.2) is 0 Å². The van der Waals surface area contributed by atoms with Crippen molar-refractivity contribution < 1.29 is 9.59 Å². The van der Waals surface area contributed by atoms with E-state index in [-0.39, 0.29) is 11.8 Å². The second-order valence-corrected chi connectivity index (χ2v) is 5.57. The topological polar surface area (TPSA) is 75.4 Å². The highest BCUT2D eigenvalue weighted by Gasteiger charge is 2.24. The number of nitrogens with zero attached hydrogens (tertiary/aromatic N) is 1. The molecule has 5 nitrogen and oxygen atoms in total. The number of carbonyl (C=O) groups is 2. The van der Waals surface area contributed by atoms with Gasteiger partial charge in [-0.05, 0) is 49.1 Å². The summed E-state index contributed by atoms with van der Waals surface area (Å²) < 4.78 is 0. The molecule has 3 N–H and O–H groups in total. The number of benzene rings is 1. The summed E-state index contributed by atoms with van der Waals surface area (Å²) in [6.07, 6.45) is 2.33. The van der Waals surface area contributed by atoms with Crippen molar-refractivity contribution in [3.63, 3.8) is 0 Å². The Morgan fingerprint density at radius 3 is 2.80 bits per heavy atom. The third-order valence-corrected chi connectivity index (χ3v) is 4.21. The lowest BCUT2D eigenvalue weighted by Gasteiger charge is -2.31. The van der Waals surface area contributed by atoms with Crippen molar-refractivity contribution in [1.29, 1.82) is 0 Å². The summed E-state index contributed by atoms with van der Waals surface area (Å²) in [6, 6.07) is 5.45. The van der Waals surface area contributed by atoms with Crippen LogP contribution in [0.5, 0.6) is 0 Å². The number of likely N-dealkylation sites (tertiary alicyclic amines) is 1. The Morgan fingerprint density at radius 2 is 2.10 bits per heavy atom. The predicted molar refractivity (Wildman–Crippen MR) is 76.5 cm³/mol. The predicted octanol–water partition coefficient (Wildman–Crippen LogP) is 0.992. The number of nitrogens with one attached hydrogen (secondary N) is 1. The smallest absolute Gasteiger partial charge is 0.253 e. The van der Waals surface area contributed by atoms with Crippen molar-refractivity contribution in [2.45, 2.75) is 19.3 Å². The highest BCUT2D eigenvalue weighted by atomic mass is 16.2. The molecule has 2 heterocycles. The normalized spacial score (nSPS) is 18.9. The van der Waals surface area contributed by atoms with Gasteiger partial charge in [0.25, 0.3) is 5.91 Å². The zero-order chi connectivity index (χ0) is 14.1. The van der Waals surface area contributed by atoms with Crippen LogP contribution in [-0.2, 0) is 11.2 Å². The van der Waals surface area contributed by atoms with Crippen LogP contribution in [0.4, 0.5) is 5.69 Å². The van der Waals surface area contributed by atoms with E-state index in [9.17, 15) is 9.59 Å². The van der Waals surface area contributed by atoms with E-state index in [1.165, 1.54) is 0 Å². The quantitative estimate of drug-likeness (QED) is 0.844. The Balaban J connectivity index is 1.72. The summed E-state index contributed by atoms with van der Waals surface area (Å²) in [7, 11) is 0. The van der Waals surface area contributed by atoms with Crippen LogP contribution >= 0.6 is 0 Å². The number of fused-ring (bicyclic) bond motifs is 1. The molecule has 2 aliphatic heterocycles. The fraction of sp³-hybridized carbons (Fsp3) is 0.467. The molecule has 0 saturated carbocycles. The van der Waals surface area contributed by atoms with Gasteiger partial charge in [0.15, 0.2) is 0 Å². The third kappa shape index (κ3) is 2.41. The molecule has 0 unspecified atom stereocenters. The van der Waals surface area contributed by atoms with Gasteiger partial charge in [-0.2, -0.15) is 0 Å². The summed E-state index contributed by atoms with van der Waals surface area (Å²) >= 11 is 0. The number of hydrogen-bond donors (Lipinski definition) is 2. The maximum absolute atomic E-state index is 12.5. The molecule has 106 valence electrons. The maximum atomic E-state index is 12.5. The lowest BCUT2D eigenvalue weighted by atomic mass is 9.96. The molecule has 5 heteroatoms. The van der Waals surface area contributed by atoms with Gasteiger partial charge in [0.1, 0.15) is 0 Å². The molecule has 0 atom stereocenters. The van der Waals surface area contributed by atoms with Crippen LogP contribution in [-0.4, -0.2) is 36.3 Å². The fourth-order valence-electron chi connectivity index (χ4n) is 2.92. The molecular weight excluding hydrogens is 254 g/mol. The van der Waals surface area contributed by atoms with Crippen molar-refractivity contribution in [2.75, 3.05) is 25.0 Å². The van der Waals surface area contributed by atoms with E-state index < -0.39 is 0 Å². The number of carbonyl (C=O) groups excluding carboxylic acids is 2. The molecule has 0 aromatic heterocycles. The molecule has 20 heavy (non-hydrogen) atoms.